The topological polar surface area (TPSA) is 20.3 Å². The van der Waals surface area contributed by atoms with E-state index >= 15 is 0 Å². The van der Waals surface area contributed by atoms with Gasteiger partial charge in [-0.2, -0.15) is 0 Å². The molecular formula is C16H20FNO. The zero-order valence-corrected chi connectivity index (χ0v) is 11.4. The van der Waals surface area contributed by atoms with Crippen LogP contribution in [-0.2, 0) is 0 Å². The molecule has 0 spiro atoms. The van der Waals surface area contributed by atoms with E-state index in [1.54, 1.807) is 12.1 Å². The van der Waals surface area contributed by atoms with Crippen molar-refractivity contribution in [2.45, 2.75) is 45.1 Å². The third-order valence-electron chi connectivity index (χ3n) is 4.62. The quantitative estimate of drug-likeness (QED) is 0.757. The van der Waals surface area contributed by atoms with Crippen LogP contribution in [0.5, 0.6) is 0 Å². The minimum Gasteiger partial charge on any atom is -0.335 e. The second kappa shape index (κ2) is 4.95. The molecule has 1 aliphatic heterocycles. The predicted octanol–water partition coefficient (Wildman–Crippen LogP) is 3.54. The van der Waals surface area contributed by atoms with Gasteiger partial charge in [0, 0.05) is 12.6 Å². The third kappa shape index (κ3) is 2.26. The minimum absolute atomic E-state index is 0.115. The van der Waals surface area contributed by atoms with Crippen LogP contribution >= 0.6 is 0 Å². The molecule has 1 saturated carbocycles. The highest BCUT2D eigenvalue weighted by Crippen LogP contribution is 2.37. The Bertz CT molecular complexity index is 500. The molecule has 3 rings (SSSR count). The Balaban J connectivity index is 1.85. The summed E-state index contributed by atoms with van der Waals surface area (Å²) in [6, 6.07) is 5.13. The van der Waals surface area contributed by atoms with Crippen LogP contribution in [0.15, 0.2) is 18.2 Å². The molecule has 1 aromatic carbocycles. The molecule has 1 saturated heterocycles. The van der Waals surface area contributed by atoms with Crippen molar-refractivity contribution < 1.29 is 9.18 Å². The fourth-order valence-electron chi connectivity index (χ4n) is 3.62. The van der Waals surface area contributed by atoms with Crippen LogP contribution in [0.3, 0.4) is 0 Å². The molecule has 1 aromatic rings. The molecule has 2 nitrogen and oxygen atoms in total. The van der Waals surface area contributed by atoms with Gasteiger partial charge in [-0.15, -0.1) is 0 Å². The molecule has 19 heavy (non-hydrogen) atoms. The van der Waals surface area contributed by atoms with Gasteiger partial charge >= 0.3 is 0 Å². The lowest BCUT2D eigenvalue weighted by Gasteiger charge is -2.31. The summed E-state index contributed by atoms with van der Waals surface area (Å²) in [4.78, 5) is 14.5. The highest BCUT2D eigenvalue weighted by atomic mass is 19.1. The van der Waals surface area contributed by atoms with Gasteiger partial charge in [0.05, 0.1) is 5.56 Å². The number of likely N-dealkylation sites (tertiary alicyclic amines) is 1. The number of rotatable bonds is 1. The fraction of sp³-hybridized carbons (Fsp3) is 0.562. The van der Waals surface area contributed by atoms with Crippen molar-refractivity contribution in [2.75, 3.05) is 6.54 Å². The van der Waals surface area contributed by atoms with Gasteiger partial charge < -0.3 is 4.90 Å². The lowest BCUT2D eigenvalue weighted by atomic mass is 9.85. The van der Waals surface area contributed by atoms with E-state index in [0.717, 1.165) is 24.9 Å². The molecule has 0 radical (unpaired) electrons. The van der Waals surface area contributed by atoms with Crippen LogP contribution < -0.4 is 0 Å². The maximum Gasteiger partial charge on any atom is 0.257 e. The largest absolute Gasteiger partial charge is 0.335 e. The van der Waals surface area contributed by atoms with Crippen LogP contribution in [-0.4, -0.2) is 23.4 Å². The number of fused-ring (bicyclic) bond motifs is 1. The average Bonchev–Trinajstić information content (AvgIpc) is 2.84. The Hall–Kier alpha value is -1.38. The predicted molar refractivity (Wildman–Crippen MR) is 72.5 cm³/mol. The summed E-state index contributed by atoms with van der Waals surface area (Å²) in [5, 5.41) is 0. The van der Waals surface area contributed by atoms with E-state index in [9.17, 15) is 9.18 Å². The van der Waals surface area contributed by atoms with E-state index in [2.05, 4.69) is 0 Å². The Morgan fingerprint density at radius 1 is 1.26 bits per heavy atom. The van der Waals surface area contributed by atoms with E-state index in [4.69, 9.17) is 0 Å². The molecular weight excluding hydrogens is 241 g/mol. The molecule has 102 valence electrons. The Labute approximate surface area is 113 Å². The van der Waals surface area contributed by atoms with Gasteiger partial charge in [-0.3, -0.25) is 4.79 Å². The first-order chi connectivity index (χ1) is 9.16. The Morgan fingerprint density at radius 2 is 2.05 bits per heavy atom. The number of carbonyl (C=O) groups is 1. The third-order valence-corrected chi connectivity index (χ3v) is 4.62. The van der Waals surface area contributed by atoms with Crippen molar-refractivity contribution in [3.8, 4) is 0 Å². The zero-order valence-electron chi connectivity index (χ0n) is 11.4. The molecule has 0 bridgehead atoms. The standard InChI is InChI=1S/C16H20FNO/c1-11-6-7-14(17)13(10-11)16(19)18-9-8-12-4-2-3-5-15(12)18/h6-7,10,12,15H,2-5,8-9H2,1H3. The van der Waals surface area contributed by atoms with E-state index in [0.29, 0.717) is 12.0 Å². The van der Waals surface area contributed by atoms with Crippen molar-refractivity contribution in [1.82, 2.24) is 4.90 Å². The lowest BCUT2D eigenvalue weighted by molar-refractivity contribution is 0.0685. The zero-order chi connectivity index (χ0) is 13.4. The molecule has 1 heterocycles. The maximum absolute atomic E-state index is 13.9. The molecule has 3 heteroatoms. The average molecular weight is 261 g/mol. The summed E-state index contributed by atoms with van der Waals surface area (Å²) >= 11 is 0. The van der Waals surface area contributed by atoms with Gasteiger partial charge in [0.1, 0.15) is 5.82 Å². The molecule has 1 amide bonds. The highest BCUT2D eigenvalue weighted by Gasteiger charge is 2.38. The van der Waals surface area contributed by atoms with Crippen molar-refractivity contribution in [1.29, 1.82) is 0 Å². The van der Waals surface area contributed by atoms with Crippen molar-refractivity contribution in [3.63, 3.8) is 0 Å². The van der Waals surface area contributed by atoms with E-state index < -0.39 is 5.82 Å². The highest BCUT2D eigenvalue weighted by molar-refractivity contribution is 5.95. The number of carbonyl (C=O) groups excluding carboxylic acids is 1. The van der Waals surface area contributed by atoms with Crippen molar-refractivity contribution in [2.24, 2.45) is 5.92 Å². The van der Waals surface area contributed by atoms with E-state index in [1.807, 2.05) is 11.8 Å². The molecule has 2 unspecified atom stereocenters. The maximum atomic E-state index is 13.9. The van der Waals surface area contributed by atoms with E-state index in [-0.39, 0.29) is 11.5 Å². The molecule has 2 aliphatic rings. The number of amides is 1. The monoisotopic (exact) mass is 261 g/mol. The molecule has 0 N–H and O–H groups in total. The summed E-state index contributed by atoms with van der Waals surface area (Å²) in [6.45, 7) is 2.69. The van der Waals surface area contributed by atoms with Crippen molar-refractivity contribution in [3.05, 3.63) is 35.1 Å². The Kier molecular flexibility index (Phi) is 3.29. The van der Waals surface area contributed by atoms with Crippen LogP contribution in [0.4, 0.5) is 4.39 Å². The summed E-state index contributed by atoms with van der Waals surface area (Å²) in [5.74, 6) is 0.135. The van der Waals surface area contributed by atoms with Crippen LogP contribution in [0.2, 0.25) is 0 Å². The van der Waals surface area contributed by atoms with Gasteiger partial charge in [0.25, 0.3) is 5.91 Å². The summed E-state index contributed by atoms with van der Waals surface area (Å²) < 4.78 is 13.9. The number of benzene rings is 1. The van der Waals surface area contributed by atoms with Gasteiger partial charge in [0.15, 0.2) is 0 Å². The van der Waals surface area contributed by atoms with Crippen molar-refractivity contribution >= 4 is 5.91 Å². The van der Waals surface area contributed by atoms with Gasteiger partial charge in [-0.1, -0.05) is 24.5 Å². The molecule has 2 atom stereocenters. The van der Waals surface area contributed by atoms with Gasteiger partial charge in [0.2, 0.25) is 0 Å². The first-order valence-electron chi connectivity index (χ1n) is 7.24. The van der Waals surface area contributed by atoms with Crippen LogP contribution in [0.25, 0.3) is 0 Å². The molecule has 2 fully saturated rings. The first-order valence-corrected chi connectivity index (χ1v) is 7.24. The summed E-state index contributed by atoms with van der Waals surface area (Å²) in [5.41, 5.74) is 1.18. The van der Waals surface area contributed by atoms with Gasteiger partial charge in [-0.25, -0.2) is 4.39 Å². The second-order valence-electron chi connectivity index (χ2n) is 5.88. The molecule has 0 aromatic heterocycles. The summed E-state index contributed by atoms with van der Waals surface area (Å²) in [7, 11) is 0. The second-order valence-corrected chi connectivity index (χ2v) is 5.88. The number of aryl methyl sites for hydroxylation is 1. The lowest BCUT2D eigenvalue weighted by Crippen LogP contribution is -2.39. The van der Waals surface area contributed by atoms with Crippen LogP contribution in [0.1, 0.15) is 48.0 Å². The molecule has 1 aliphatic carbocycles. The number of halogens is 1. The minimum atomic E-state index is -0.394. The Morgan fingerprint density at radius 3 is 2.89 bits per heavy atom. The normalized spacial score (nSPS) is 26.3. The number of nitrogens with zero attached hydrogens (tertiary/aromatic N) is 1. The van der Waals surface area contributed by atoms with Gasteiger partial charge in [-0.05, 0) is 44.2 Å². The number of hydrogen-bond donors (Lipinski definition) is 0. The SMILES string of the molecule is Cc1ccc(F)c(C(=O)N2CCC3CCCCC32)c1. The summed E-state index contributed by atoms with van der Waals surface area (Å²) in [6.07, 6.45) is 5.88. The first kappa shape index (κ1) is 12.6. The smallest absolute Gasteiger partial charge is 0.257 e. The number of hydrogen-bond acceptors (Lipinski definition) is 1. The van der Waals surface area contributed by atoms with Crippen LogP contribution in [0, 0.1) is 18.7 Å². The fourth-order valence-corrected chi connectivity index (χ4v) is 3.62. The van der Waals surface area contributed by atoms with E-state index in [1.165, 1.54) is 25.3 Å².